The molecule has 1 rings (SSSR count). The van der Waals surface area contributed by atoms with Crippen LogP contribution in [0.25, 0.3) is 0 Å². The fourth-order valence-corrected chi connectivity index (χ4v) is 3.53. The molecule has 0 aromatic rings. The molecule has 0 aliphatic carbocycles. The number of hydrogen-bond acceptors (Lipinski definition) is 6. The van der Waals surface area contributed by atoms with Gasteiger partial charge in [-0.3, -0.25) is 19.4 Å². The lowest BCUT2D eigenvalue weighted by Gasteiger charge is -2.30. The molecule has 1 aliphatic heterocycles. The van der Waals surface area contributed by atoms with Gasteiger partial charge >= 0.3 is 5.97 Å². The van der Waals surface area contributed by atoms with E-state index in [2.05, 4.69) is 15.6 Å². The third-order valence-corrected chi connectivity index (χ3v) is 5.13. The molecule has 0 saturated carbocycles. The SMILES string of the molecule is CC(C)CC(NC(=O)C(C)N)C(=O)N1CCCC1C(=O)NC(CCCN=C(N)N)C(=O)O. The monoisotopic (exact) mass is 455 g/mol. The highest BCUT2D eigenvalue weighted by molar-refractivity contribution is 5.94. The molecule has 1 saturated heterocycles. The van der Waals surface area contributed by atoms with Crippen molar-refractivity contribution in [2.24, 2.45) is 28.1 Å². The topological polar surface area (TPSA) is 206 Å². The van der Waals surface area contributed by atoms with E-state index in [4.69, 9.17) is 17.2 Å². The van der Waals surface area contributed by atoms with Gasteiger partial charge in [0.15, 0.2) is 5.96 Å². The number of carboxylic acid groups (broad SMARTS) is 1. The summed E-state index contributed by atoms with van der Waals surface area (Å²) in [5.74, 6) is -2.50. The summed E-state index contributed by atoms with van der Waals surface area (Å²) in [7, 11) is 0. The number of aliphatic carboxylic acids is 1. The molecule has 0 bridgehead atoms. The second-order valence-electron chi connectivity index (χ2n) is 8.52. The van der Waals surface area contributed by atoms with Crippen molar-refractivity contribution in [3.8, 4) is 0 Å². The standard InChI is InChI=1S/C20H37N7O5/c1-11(2)10-14(26-16(28)12(3)21)18(30)27-9-5-7-15(27)17(29)25-13(19(31)32)6-4-8-24-20(22)23/h11-15H,4-10,21H2,1-3H3,(H,25,29)(H,26,28)(H,31,32)(H4,22,23,24). The molecule has 1 heterocycles. The predicted octanol–water partition coefficient (Wildman–Crippen LogP) is -1.52. The first kappa shape index (κ1) is 27.1. The minimum absolute atomic E-state index is 0.0897. The molecule has 0 radical (unpaired) electrons. The Morgan fingerprint density at radius 3 is 2.31 bits per heavy atom. The number of carbonyl (C=O) groups excluding carboxylic acids is 3. The average molecular weight is 456 g/mol. The van der Waals surface area contributed by atoms with E-state index in [1.54, 1.807) is 0 Å². The van der Waals surface area contributed by atoms with Gasteiger partial charge in [-0.1, -0.05) is 13.8 Å². The number of nitrogens with one attached hydrogen (secondary N) is 2. The first-order valence-electron chi connectivity index (χ1n) is 10.9. The third kappa shape index (κ3) is 8.69. The van der Waals surface area contributed by atoms with Crippen LogP contribution in [0.3, 0.4) is 0 Å². The number of nitrogens with zero attached hydrogens (tertiary/aromatic N) is 2. The van der Waals surface area contributed by atoms with Gasteiger partial charge < -0.3 is 37.8 Å². The van der Waals surface area contributed by atoms with E-state index >= 15 is 0 Å². The fourth-order valence-electron chi connectivity index (χ4n) is 3.53. The molecule has 0 spiro atoms. The molecule has 0 aromatic carbocycles. The maximum atomic E-state index is 13.2. The second-order valence-corrected chi connectivity index (χ2v) is 8.52. The van der Waals surface area contributed by atoms with Crippen LogP contribution < -0.4 is 27.8 Å². The molecule has 9 N–H and O–H groups in total. The van der Waals surface area contributed by atoms with E-state index in [0.717, 1.165) is 0 Å². The molecule has 4 unspecified atom stereocenters. The summed E-state index contributed by atoms with van der Waals surface area (Å²) in [5, 5.41) is 14.6. The van der Waals surface area contributed by atoms with Gasteiger partial charge in [0, 0.05) is 13.1 Å². The zero-order chi connectivity index (χ0) is 24.4. The lowest BCUT2D eigenvalue weighted by Crippen LogP contribution is -2.56. The summed E-state index contributed by atoms with van der Waals surface area (Å²) < 4.78 is 0. The Labute approximate surface area is 188 Å². The van der Waals surface area contributed by atoms with Gasteiger partial charge in [-0.2, -0.15) is 0 Å². The van der Waals surface area contributed by atoms with Crippen molar-refractivity contribution in [1.82, 2.24) is 15.5 Å². The quantitative estimate of drug-likeness (QED) is 0.115. The van der Waals surface area contributed by atoms with E-state index < -0.39 is 42.0 Å². The number of amides is 3. The van der Waals surface area contributed by atoms with Crippen LogP contribution in [0.4, 0.5) is 0 Å². The number of likely N-dealkylation sites (tertiary alicyclic amines) is 1. The highest BCUT2D eigenvalue weighted by Crippen LogP contribution is 2.21. The average Bonchev–Trinajstić information content (AvgIpc) is 3.18. The van der Waals surface area contributed by atoms with Gasteiger partial charge in [-0.05, 0) is 44.9 Å². The van der Waals surface area contributed by atoms with Gasteiger partial charge in [0.2, 0.25) is 17.7 Å². The molecular weight excluding hydrogens is 418 g/mol. The number of carboxylic acids is 1. The van der Waals surface area contributed by atoms with Crippen molar-refractivity contribution in [2.75, 3.05) is 13.1 Å². The Bertz CT molecular complexity index is 706. The van der Waals surface area contributed by atoms with Crippen LogP contribution in [0, 0.1) is 5.92 Å². The molecule has 3 amide bonds. The maximum absolute atomic E-state index is 13.2. The molecule has 0 aromatic heterocycles. The van der Waals surface area contributed by atoms with Crippen LogP contribution >= 0.6 is 0 Å². The van der Waals surface area contributed by atoms with E-state index in [1.807, 2.05) is 13.8 Å². The minimum atomic E-state index is -1.18. The van der Waals surface area contributed by atoms with Crippen LogP contribution in [0.1, 0.15) is 52.9 Å². The molecule has 4 atom stereocenters. The van der Waals surface area contributed by atoms with E-state index in [9.17, 15) is 24.3 Å². The Balaban J connectivity index is 2.86. The lowest BCUT2D eigenvalue weighted by molar-refractivity contribution is -0.145. The van der Waals surface area contributed by atoms with Crippen LogP contribution in [0.15, 0.2) is 4.99 Å². The summed E-state index contributed by atoms with van der Waals surface area (Å²) in [4.78, 5) is 54.9. The molecule has 1 fully saturated rings. The van der Waals surface area contributed by atoms with Crippen molar-refractivity contribution < 1.29 is 24.3 Å². The van der Waals surface area contributed by atoms with Crippen molar-refractivity contribution >= 4 is 29.7 Å². The minimum Gasteiger partial charge on any atom is -0.480 e. The summed E-state index contributed by atoms with van der Waals surface area (Å²) in [6, 6.07) is -3.51. The molecule has 12 heteroatoms. The molecule has 12 nitrogen and oxygen atoms in total. The normalized spacial score (nSPS) is 18.5. The number of guanidine groups is 1. The van der Waals surface area contributed by atoms with Gasteiger partial charge in [0.25, 0.3) is 0 Å². The number of nitrogens with two attached hydrogens (primary N) is 3. The van der Waals surface area contributed by atoms with E-state index in [-0.39, 0.29) is 30.8 Å². The summed E-state index contributed by atoms with van der Waals surface area (Å²) in [6.07, 6.45) is 1.90. The van der Waals surface area contributed by atoms with E-state index in [0.29, 0.717) is 32.2 Å². The van der Waals surface area contributed by atoms with Crippen LogP contribution in [0.5, 0.6) is 0 Å². The number of aliphatic imine (C=N–C) groups is 1. The molecule has 32 heavy (non-hydrogen) atoms. The molecular formula is C20H37N7O5. The number of carbonyl (C=O) groups is 4. The first-order valence-corrected chi connectivity index (χ1v) is 10.9. The number of rotatable bonds is 12. The molecule has 1 aliphatic rings. The summed E-state index contributed by atoms with van der Waals surface area (Å²) >= 11 is 0. The zero-order valence-corrected chi connectivity index (χ0v) is 19.0. The van der Waals surface area contributed by atoms with Crippen molar-refractivity contribution in [3.05, 3.63) is 0 Å². The Kier molecular flexibility index (Phi) is 10.9. The van der Waals surface area contributed by atoms with Crippen molar-refractivity contribution in [3.63, 3.8) is 0 Å². The van der Waals surface area contributed by atoms with Crippen molar-refractivity contribution in [1.29, 1.82) is 0 Å². The van der Waals surface area contributed by atoms with Crippen LogP contribution in [-0.2, 0) is 19.2 Å². The van der Waals surface area contributed by atoms with Gasteiger partial charge in [0.05, 0.1) is 6.04 Å². The first-order chi connectivity index (χ1) is 14.9. The highest BCUT2D eigenvalue weighted by atomic mass is 16.4. The predicted molar refractivity (Wildman–Crippen MR) is 119 cm³/mol. The van der Waals surface area contributed by atoms with Gasteiger partial charge in [-0.25, -0.2) is 4.79 Å². The second kappa shape index (κ2) is 12.8. The highest BCUT2D eigenvalue weighted by Gasteiger charge is 2.39. The largest absolute Gasteiger partial charge is 0.480 e. The summed E-state index contributed by atoms with van der Waals surface area (Å²) in [6.45, 7) is 5.96. The zero-order valence-electron chi connectivity index (χ0n) is 19.0. The number of hydrogen-bond donors (Lipinski definition) is 6. The van der Waals surface area contributed by atoms with Crippen LogP contribution in [0.2, 0.25) is 0 Å². The van der Waals surface area contributed by atoms with E-state index in [1.165, 1.54) is 11.8 Å². The third-order valence-electron chi connectivity index (χ3n) is 5.13. The van der Waals surface area contributed by atoms with Crippen molar-refractivity contribution in [2.45, 2.75) is 77.0 Å². The maximum Gasteiger partial charge on any atom is 0.326 e. The molecule has 182 valence electrons. The van der Waals surface area contributed by atoms with Gasteiger partial charge in [0.1, 0.15) is 18.1 Å². The fraction of sp³-hybridized carbons (Fsp3) is 0.750. The Hall–Kier alpha value is -2.89. The lowest BCUT2D eigenvalue weighted by atomic mass is 10.0. The van der Waals surface area contributed by atoms with Crippen LogP contribution in [-0.4, -0.2) is 76.9 Å². The Morgan fingerprint density at radius 1 is 1.12 bits per heavy atom. The summed E-state index contributed by atoms with van der Waals surface area (Å²) in [5.41, 5.74) is 16.1. The Morgan fingerprint density at radius 2 is 1.78 bits per heavy atom. The van der Waals surface area contributed by atoms with Gasteiger partial charge in [-0.15, -0.1) is 0 Å². The smallest absolute Gasteiger partial charge is 0.326 e.